The summed E-state index contributed by atoms with van der Waals surface area (Å²) in [4.78, 5) is 13.5. The number of halogens is 2. The van der Waals surface area contributed by atoms with E-state index >= 15 is 0 Å². The maximum atomic E-state index is 13.4. The first-order valence-corrected chi connectivity index (χ1v) is 5.52. The minimum Gasteiger partial charge on any atom is -0.337 e. The van der Waals surface area contributed by atoms with E-state index in [0.29, 0.717) is 6.54 Å². The Bertz CT molecular complexity index is 431. The van der Waals surface area contributed by atoms with Crippen LogP contribution in [0.15, 0.2) is 18.2 Å². The van der Waals surface area contributed by atoms with Crippen LogP contribution >= 0.6 is 0 Å². The van der Waals surface area contributed by atoms with E-state index in [-0.39, 0.29) is 11.6 Å². The Hall–Kier alpha value is -1.49. The molecule has 0 aromatic heterocycles. The first kappa shape index (κ1) is 12.0. The van der Waals surface area contributed by atoms with Crippen LogP contribution in [-0.2, 0) is 0 Å². The number of benzene rings is 1. The summed E-state index contributed by atoms with van der Waals surface area (Å²) in [5.74, 6) is -1.77. The van der Waals surface area contributed by atoms with Crippen molar-refractivity contribution in [2.45, 2.75) is 12.5 Å². The van der Waals surface area contributed by atoms with Gasteiger partial charge in [0.1, 0.15) is 11.6 Å². The lowest BCUT2D eigenvalue weighted by Gasteiger charge is -2.23. The lowest BCUT2D eigenvalue weighted by atomic mass is 10.1. The fraction of sp³-hybridized carbons (Fsp3) is 0.417. The number of rotatable bonds is 2. The molecular weight excluding hydrogens is 226 g/mol. The second-order valence-electron chi connectivity index (χ2n) is 4.19. The molecule has 0 saturated carbocycles. The zero-order valence-corrected chi connectivity index (χ0v) is 9.54. The number of carbonyl (C=O) groups excluding carboxylic acids is 1. The Kier molecular flexibility index (Phi) is 3.38. The standard InChI is InChI=1S/C12H14F2N2O/c1-16(9-4-5-15-7-9)12(17)10-6-8(13)2-3-11(10)14/h2-3,6,9,15H,4-5,7H2,1H3/t9-/m0/s1. The normalized spacial score (nSPS) is 19.4. The van der Waals surface area contributed by atoms with Gasteiger partial charge in [0.2, 0.25) is 0 Å². The van der Waals surface area contributed by atoms with Gasteiger partial charge in [-0.3, -0.25) is 4.79 Å². The molecule has 1 N–H and O–H groups in total. The molecule has 92 valence electrons. The van der Waals surface area contributed by atoms with E-state index < -0.39 is 17.5 Å². The van der Waals surface area contributed by atoms with Crippen LogP contribution in [0.5, 0.6) is 0 Å². The predicted octanol–water partition coefficient (Wildman–Crippen LogP) is 1.40. The van der Waals surface area contributed by atoms with Gasteiger partial charge in [-0.1, -0.05) is 0 Å². The molecule has 0 bridgehead atoms. The van der Waals surface area contributed by atoms with Crippen molar-refractivity contribution in [3.05, 3.63) is 35.4 Å². The van der Waals surface area contributed by atoms with Crippen molar-refractivity contribution in [3.8, 4) is 0 Å². The molecule has 0 spiro atoms. The van der Waals surface area contributed by atoms with Crippen LogP contribution < -0.4 is 5.32 Å². The number of hydrogen-bond donors (Lipinski definition) is 1. The van der Waals surface area contributed by atoms with Gasteiger partial charge < -0.3 is 10.2 Å². The third-order valence-electron chi connectivity index (χ3n) is 3.06. The summed E-state index contributed by atoms with van der Waals surface area (Å²) in [6.45, 7) is 1.53. The molecule has 1 aliphatic rings. The fourth-order valence-electron chi connectivity index (χ4n) is 1.99. The first-order chi connectivity index (χ1) is 8.09. The van der Waals surface area contributed by atoms with Crippen LogP contribution in [0.2, 0.25) is 0 Å². The van der Waals surface area contributed by atoms with Gasteiger partial charge in [0, 0.05) is 19.6 Å². The topological polar surface area (TPSA) is 32.3 Å². The maximum absolute atomic E-state index is 13.4. The van der Waals surface area contributed by atoms with Crippen molar-refractivity contribution in [2.24, 2.45) is 0 Å². The SMILES string of the molecule is CN(C(=O)c1cc(F)ccc1F)[C@H]1CCNC1. The van der Waals surface area contributed by atoms with Crippen LogP contribution in [0, 0.1) is 11.6 Å². The monoisotopic (exact) mass is 240 g/mol. The number of carbonyl (C=O) groups is 1. The van der Waals surface area contributed by atoms with Crippen molar-refractivity contribution >= 4 is 5.91 Å². The highest BCUT2D eigenvalue weighted by Crippen LogP contribution is 2.15. The number of nitrogens with zero attached hydrogens (tertiary/aromatic N) is 1. The predicted molar refractivity (Wildman–Crippen MR) is 59.7 cm³/mol. The Morgan fingerprint density at radius 1 is 1.47 bits per heavy atom. The lowest BCUT2D eigenvalue weighted by Crippen LogP contribution is -2.38. The molecule has 2 rings (SSSR count). The molecule has 1 aromatic rings. The van der Waals surface area contributed by atoms with Crippen LogP contribution in [-0.4, -0.2) is 37.0 Å². The van der Waals surface area contributed by atoms with Gasteiger partial charge >= 0.3 is 0 Å². The first-order valence-electron chi connectivity index (χ1n) is 5.52. The van der Waals surface area contributed by atoms with Gasteiger partial charge in [0.05, 0.1) is 5.56 Å². The molecule has 1 aromatic carbocycles. The minimum atomic E-state index is -0.686. The molecule has 0 unspecified atom stereocenters. The zero-order chi connectivity index (χ0) is 12.4. The van der Waals surface area contributed by atoms with Gasteiger partial charge in [-0.25, -0.2) is 8.78 Å². The Morgan fingerprint density at radius 2 is 2.24 bits per heavy atom. The van der Waals surface area contributed by atoms with Crippen molar-refractivity contribution in [3.63, 3.8) is 0 Å². The molecule has 1 saturated heterocycles. The van der Waals surface area contributed by atoms with Crippen LogP contribution in [0.25, 0.3) is 0 Å². The molecule has 5 heteroatoms. The lowest BCUT2D eigenvalue weighted by molar-refractivity contribution is 0.0738. The number of likely N-dealkylation sites (N-methyl/N-ethyl adjacent to an activating group) is 1. The van der Waals surface area contributed by atoms with E-state index in [4.69, 9.17) is 0 Å². The van der Waals surface area contributed by atoms with E-state index in [9.17, 15) is 13.6 Å². The van der Waals surface area contributed by atoms with Crippen molar-refractivity contribution < 1.29 is 13.6 Å². The van der Waals surface area contributed by atoms with E-state index in [0.717, 1.165) is 31.2 Å². The molecule has 0 aliphatic carbocycles. The Labute approximate surface area is 98.4 Å². The summed E-state index contributed by atoms with van der Waals surface area (Å²) in [6, 6.07) is 2.97. The van der Waals surface area contributed by atoms with E-state index in [2.05, 4.69) is 5.32 Å². The number of hydrogen-bond acceptors (Lipinski definition) is 2. The molecule has 1 amide bonds. The van der Waals surface area contributed by atoms with Crippen LogP contribution in [0.4, 0.5) is 8.78 Å². The molecule has 1 fully saturated rings. The average Bonchev–Trinajstić information content (AvgIpc) is 2.84. The van der Waals surface area contributed by atoms with Gasteiger partial charge in [-0.2, -0.15) is 0 Å². The second kappa shape index (κ2) is 4.79. The fourth-order valence-corrected chi connectivity index (χ4v) is 1.99. The summed E-state index contributed by atoms with van der Waals surface area (Å²) >= 11 is 0. The third kappa shape index (κ3) is 2.44. The van der Waals surface area contributed by atoms with Crippen molar-refractivity contribution in [1.82, 2.24) is 10.2 Å². The number of amides is 1. The smallest absolute Gasteiger partial charge is 0.256 e. The minimum absolute atomic E-state index is 0.0465. The Morgan fingerprint density at radius 3 is 2.88 bits per heavy atom. The van der Waals surface area contributed by atoms with Gasteiger partial charge in [0.15, 0.2) is 0 Å². The van der Waals surface area contributed by atoms with Crippen molar-refractivity contribution in [2.75, 3.05) is 20.1 Å². The summed E-state index contributed by atoms with van der Waals surface area (Å²) < 4.78 is 26.4. The largest absolute Gasteiger partial charge is 0.337 e. The molecule has 1 heterocycles. The van der Waals surface area contributed by atoms with E-state index in [1.807, 2.05) is 0 Å². The van der Waals surface area contributed by atoms with E-state index in [1.54, 1.807) is 7.05 Å². The zero-order valence-electron chi connectivity index (χ0n) is 9.54. The van der Waals surface area contributed by atoms with Gasteiger partial charge in [-0.15, -0.1) is 0 Å². The molecule has 1 atom stereocenters. The Balaban J connectivity index is 2.20. The summed E-state index contributed by atoms with van der Waals surface area (Å²) in [5, 5.41) is 3.12. The maximum Gasteiger partial charge on any atom is 0.256 e. The highest BCUT2D eigenvalue weighted by molar-refractivity contribution is 5.94. The molecular formula is C12H14F2N2O. The molecule has 3 nitrogen and oxygen atoms in total. The third-order valence-corrected chi connectivity index (χ3v) is 3.06. The van der Waals surface area contributed by atoms with Gasteiger partial charge in [-0.05, 0) is 31.2 Å². The second-order valence-corrected chi connectivity index (χ2v) is 4.19. The quantitative estimate of drug-likeness (QED) is 0.847. The summed E-state index contributed by atoms with van der Waals surface area (Å²) in [6.07, 6.45) is 0.833. The van der Waals surface area contributed by atoms with Crippen LogP contribution in [0.3, 0.4) is 0 Å². The number of nitrogens with one attached hydrogen (secondary N) is 1. The summed E-state index contributed by atoms with van der Waals surface area (Å²) in [5.41, 5.74) is -0.209. The highest BCUT2D eigenvalue weighted by atomic mass is 19.1. The highest BCUT2D eigenvalue weighted by Gasteiger charge is 2.25. The van der Waals surface area contributed by atoms with Gasteiger partial charge in [0.25, 0.3) is 5.91 Å². The average molecular weight is 240 g/mol. The molecule has 0 radical (unpaired) electrons. The molecule has 17 heavy (non-hydrogen) atoms. The van der Waals surface area contributed by atoms with E-state index in [1.165, 1.54) is 4.90 Å². The summed E-state index contributed by atoms with van der Waals surface area (Å²) in [7, 11) is 1.62. The van der Waals surface area contributed by atoms with Crippen LogP contribution in [0.1, 0.15) is 16.8 Å². The van der Waals surface area contributed by atoms with Crippen molar-refractivity contribution in [1.29, 1.82) is 0 Å². The molecule has 1 aliphatic heterocycles.